The van der Waals surface area contributed by atoms with Gasteiger partial charge in [-0.15, -0.1) is 0 Å². The molecule has 0 saturated carbocycles. The smallest absolute Gasteiger partial charge is 0.246 e. The van der Waals surface area contributed by atoms with Crippen molar-refractivity contribution in [3.63, 3.8) is 0 Å². The maximum atomic E-state index is 12.4. The molecule has 0 aromatic carbocycles. The first-order chi connectivity index (χ1) is 10.2. The quantitative estimate of drug-likeness (QED) is 0.780. The Morgan fingerprint density at radius 3 is 2.57 bits per heavy atom. The lowest BCUT2D eigenvalue weighted by molar-refractivity contribution is -0.145. The van der Waals surface area contributed by atoms with E-state index in [2.05, 4.69) is 11.6 Å². The number of likely N-dealkylation sites (tertiary alicyclic amines) is 2. The fourth-order valence-electron chi connectivity index (χ4n) is 3.07. The van der Waals surface area contributed by atoms with Gasteiger partial charge in [-0.2, -0.15) is 0 Å². The Kier molecular flexibility index (Phi) is 3.73. The zero-order valence-corrected chi connectivity index (χ0v) is 11.9. The van der Waals surface area contributed by atoms with E-state index >= 15 is 0 Å². The molecule has 0 N–H and O–H groups in total. The lowest BCUT2D eigenvalue weighted by atomic mass is 9.98. The molecule has 2 aliphatic heterocycles. The highest BCUT2D eigenvalue weighted by atomic mass is 16.2. The van der Waals surface area contributed by atoms with Gasteiger partial charge in [-0.25, -0.2) is 0 Å². The molecule has 1 atom stereocenters. The van der Waals surface area contributed by atoms with Crippen molar-refractivity contribution in [2.75, 3.05) is 26.2 Å². The van der Waals surface area contributed by atoms with Crippen LogP contribution < -0.4 is 0 Å². The van der Waals surface area contributed by atoms with E-state index in [9.17, 15) is 9.59 Å². The highest BCUT2D eigenvalue weighted by Gasteiger charge is 2.39. The molecule has 2 saturated heterocycles. The van der Waals surface area contributed by atoms with Gasteiger partial charge in [0.1, 0.15) is 0 Å². The second kappa shape index (κ2) is 5.68. The van der Waals surface area contributed by atoms with Gasteiger partial charge in [-0.05, 0) is 30.2 Å². The van der Waals surface area contributed by atoms with Gasteiger partial charge >= 0.3 is 0 Å². The normalized spacial score (nSPS) is 22.0. The van der Waals surface area contributed by atoms with E-state index in [4.69, 9.17) is 0 Å². The third kappa shape index (κ3) is 2.68. The zero-order valence-electron chi connectivity index (χ0n) is 11.9. The van der Waals surface area contributed by atoms with Gasteiger partial charge in [0.2, 0.25) is 11.8 Å². The molecule has 3 heterocycles. The van der Waals surface area contributed by atoms with E-state index in [0.717, 1.165) is 19.5 Å². The SMILES string of the molecule is C=CC(=O)N1CC(C(=O)N2CCC(c3ccncc3)C2)C1. The minimum absolute atomic E-state index is 0.0370. The summed E-state index contributed by atoms with van der Waals surface area (Å²) in [6, 6.07) is 4.04. The molecule has 0 radical (unpaired) electrons. The van der Waals surface area contributed by atoms with Gasteiger partial charge in [0.05, 0.1) is 5.92 Å². The minimum Gasteiger partial charge on any atom is -0.342 e. The van der Waals surface area contributed by atoms with E-state index in [1.165, 1.54) is 11.6 Å². The maximum absolute atomic E-state index is 12.4. The third-order valence-corrected chi connectivity index (χ3v) is 4.39. The second-order valence-electron chi connectivity index (χ2n) is 5.69. The van der Waals surface area contributed by atoms with Crippen LogP contribution in [-0.4, -0.2) is 52.8 Å². The first-order valence-corrected chi connectivity index (χ1v) is 7.29. The highest BCUT2D eigenvalue weighted by molar-refractivity contribution is 5.90. The Balaban J connectivity index is 1.54. The van der Waals surface area contributed by atoms with Crippen molar-refractivity contribution < 1.29 is 9.59 Å². The van der Waals surface area contributed by atoms with Crippen LogP contribution in [0.5, 0.6) is 0 Å². The molecule has 1 unspecified atom stereocenters. The summed E-state index contributed by atoms with van der Waals surface area (Å²) in [5, 5.41) is 0. The van der Waals surface area contributed by atoms with Crippen molar-refractivity contribution in [2.24, 2.45) is 5.92 Å². The number of amides is 2. The summed E-state index contributed by atoms with van der Waals surface area (Å²) in [6.07, 6.45) is 5.89. The topological polar surface area (TPSA) is 53.5 Å². The third-order valence-electron chi connectivity index (χ3n) is 4.39. The van der Waals surface area contributed by atoms with Crippen LogP contribution >= 0.6 is 0 Å². The Morgan fingerprint density at radius 1 is 1.19 bits per heavy atom. The van der Waals surface area contributed by atoms with Crippen LogP contribution in [0.2, 0.25) is 0 Å². The Bertz CT molecular complexity index is 552. The van der Waals surface area contributed by atoms with E-state index < -0.39 is 0 Å². The van der Waals surface area contributed by atoms with E-state index in [1.807, 2.05) is 17.0 Å². The summed E-state index contributed by atoms with van der Waals surface area (Å²) < 4.78 is 0. The van der Waals surface area contributed by atoms with Crippen LogP contribution in [0.1, 0.15) is 17.9 Å². The molecule has 110 valence electrons. The maximum Gasteiger partial charge on any atom is 0.246 e. The van der Waals surface area contributed by atoms with Gasteiger partial charge in [0.15, 0.2) is 0 Å². The number of carbonyl (C=O) groups is 2. The molecule has 2 amide bonds. The van der Waals surface area contributed by atoms with Crippen LogP contribution in [-0.2, 0) is 9.59 Å². The number of rotatable bonds is 3. The first kappa shape index (κ1) is 13.8. The molecule has 0 aliphatic carbocycles. The van der Waals surface area contributed by atoms with E-state index in [1.54, 1.807) is 17.3 Å². The molecule has 5 nitrogen and oxygen atoms in total. The fourth-order valence-corrected chi connectivity index (χ4v) is 3.07. The molecule has 1 aromatic heterocycles. The molecule has 0 bridgehead atoms. The molecule has 5 heteroatoms. The number of carbonyl (C=O) groups excluding carboxylic acids is 2. The summed E-state index contributed by atoms with van der Waals surface area (Å²) in [5.41, 5.74) is 1.25. The average molecular weight is 285 g/mol. The van der Waals surface area contributed by atoms with Gasteiger partial charge < -0.3 is 9.80 Å². The van der Waals surface area contributed by atoms with Crippen molar-refractivity contribution in [3.8, 4) is 0 Å². The van der Waals surface area contributed by atoms with Crippen molar-refractivity contribution in [1.82, 2.24) is 14.8 Å². The monoisotopic (exact) mass is 285 g/mol. The van der Waals surface area contributed by atoms with Crippen molar-refractivity contribution in [1.29, 1.82) is 0 Å². The Labute approximate surface area is 124 Å². The number of aromatic nitrogens is 1. The standard InChI is InChI=1S/C16H19N3O2/c1-2-15(20)19-10-14(11-19)16(21)18-8-5-13(9-18)12-3-6-17-7-4-12/h2-4,6-7,13-14H,1,5,8-11H2. The molecule has 1 aromatic rings. The van der Waals surface area contributed by atoms with Crippen molar-refractivity contribution in [2.45, 2.75) is 12.3 Å². The van der Waals surface area contributed by atoms with Gasteiger partial charge in [-0.1, -0.05) is 6.58 Å². The summed E-state index contributed by atoms with van der Waals surface area (Å²) in [6.45, 7) is 6.09. The summed E-state index contributed by atoms with van der Waals surface area (Å²) >= 11 is 0. The second-order valence-corrected chi connectivity index (χ2v) is 5.69. The number of hydrogen-bond acceptors (Lipinski definition) is 3. The summed E-state index contributed by atoms with van der Waals surface area (Å²) in [5.74, 6) is 0.461. The predicted molar refractivity (Wildman–Crippen MR) is 78.4 cm³/mol. The lowest BCUT2D eigenvalue weighted by Gasteiger charge is -2.39. The molecule has 2 fully saturated rings. The molecule has 2 aliphatic rings. The Hall–Kier alpha value is -2.17. The van der Waals surface area contributed by atoms with Crippen LogP contribution in [0.25, 0.3) is 0 Å². The molecule has 21 heavy (non-hydrogen) atoms. The van der Waals surface area contributed by atoms with Crippen LogP contribution in [0.3, 0.4) is 0 Å². The summed E-state index contributed by atoms with van der Waals surface area (Å²) in [4.78, 5) is 31.4. The number of pyridine rings is 1. The number of nitrogens with zero attached hydrogens (tertiary/aromatic N) is 3. The first-order valence-electron chi connectivity index (χ1n) is 7.29. The van der Waals surface area contributed by atoms with Crippen LogP contribution in [0.4, 0.5) is 0 Å². The lowest BCUT2D eigenvalue weighted by Crippen LogP contribution is -2.55. The van der Waals surface area contributed by atoms with Crippen LogP contribution in [0, 0.1) is 5.92 Å². The molecule has 0 spiro atoms. The zero-order chi connectivity index (χ0) is 14.8. The van der Waals surface area contributed by atoms with E-state index in [0.29, 0.717) is 19.0 Å². The van der Waals surface area contributed by atoms with Crippen molar-refractivity contribution >= 4 is 11.8 Å². The predicted octanol–water partition coefficient (Wildman–Crippen LogP) is 1.04. The fraction of sp³-hybridized carbons (Fsp3) is 0.438. The number of hydrogen-bond donors (Lipinski definition) is 0. The average Bonchev–Trinajstić information content (AvgIpc) is 2.96. The summed E-state index contributed by atoms with van der Waals surface area (Å²) in [7, 11) is 0. The largest absolute Gasteiger partial charge is 0.342 e. The Morgan fingerprint density at radius 2 is 1.90 bits per heavy atom. The minimum atomic E-state index is -0.0878. The van der Waals surface area contributed by atoms with Crippen molar-refractivity contribution in [3.05, 3.63) is 42.7 Å². The van der Waals surface area contributed by atoms with Gasteiger partial charge in [0.25, 0.3) is 0 Å². The van der Waals surface area contributed by atoms with E-state index in [-0.39, 0.29) is 17.7 Å². The molecular weight excluding hydrogens is 266 g/mol. The van der Waals surface area contributed by atoms with Gasteiger partial charge in [0, 0.05) is 44.5 Å². The van der Waals surface area contributed by atoms with Crippen LogP contribution in [0.15, 0.2) is 37.2 Å². The highest BCUT2D eigenvalue weighted by Crippen LogP contribution is 2.29. The molecule has 3 rings (SSSR count). The van der Waals surface area contributed by atoms with Gasteiger partial charge in [-0.3, -0.25) is 14.6 Å². The molecular formula is C16H19N3O2.